The molecule has 4 rings (SSSR count). The van der Waals surface area contributed by atoms with Crippen molar-refractivity contribution in [1.82, 2.24) is 19.2 Å². The molecule has 2 fully saturated rings. The van der Waals surface area contributed by atoms with Gasteiger partial charge in [0.2, 0.25) is 0 Å². The summed E-state index contributed by atoms with van der Waals surface area (Å²) in [6.45, 7) is -0.188. The highest BCUT2D eigenvalue weighted by atomic mass is 32.2. The highest BCUT2D eigenvalue weighted by Gasteiger charge is 2.63. The minimum absolute atomic E-state index is 0.00882. The Bertz CT molecular complexity index is 1020. The lowest BCUT2D eigenvalue weighted by Gasteiger charge is -2.25. The predicted molar refractivity (Wildman–Crippen MR) is 101 cm³/mol. The fourth-order valence-electron chi connectivity index (χ4n) is 3.91. The van der Waals surface area contributed by atoms with Crippen LogP contribution in [-0.2, 0) is 17.1 Å². The van der Waals surface area contributed by atoms with E-state index in [9.17, 15) is 26.0 Å². The van der Waals surface area contributed by atoms with E-state index >= 15 is 0 Å². The molecule has 1 saturated heterocycles. The van der Waals surface area contributed by atoms with Crippen molar-refractivity contribution in [2.24, 2.45) is 12.5 Å². The van der Waals surface area contributed by atoms with E-state index in [-0.39, 0.29) is 37.5 Å². The van der Waals surface area contributed by atoms with Crippen molar-refractivity contribution >= 4 is 10.0 Å². The molecule has 1 saturated carbocycles. The second-order valence-electron chi connectivity index (χ2n) is 8.12. The molecule has 6 nitrogen and oxygen atoms in total. The molecule has 11 heteroatoms. The van der Waals surface area contributed by atoms with Gasteiger partial charge >= 0.3 is 6.18 Å². The number of sulfonamides is 1. The van der Waals surface area contributed by atoms with Gasteiger partial charge in [0.1, 0.15) is 5.82 Å². The van der Waals surface area contributed by atoms with Crippen LogP contribution in [0.2, 0.25) is 0 Å². The van der Waals surface area contributed by atoms with Gasteiger partial charge in [0, 0.05) is 44.8 Å². The van der Waals surface area contributed by atoms with Crippen LogP contribution in [0, 0.1) is 11.2 Å². The number of aryl methyl sites for hydroxylation is 1. The van der Waals surface area contributed by atoms with Gasteiger partial charge in [0.25, 0.3) is 10.0 Å². The molecule has 1 aromatic carbocycles. The zero-order valence-corrected chi connectivity index (χ0v) is 17.0. The summed E-state index contributed by atoms with van der Waals surface area (Å²) < 4.78 is 82.0. The van der Waals surface area contributed by atoms with Crippen molar-refractivity contribution in [3.63, 3.8) is 0 Å². The Kier molecular flexibility index (Phi) is 5.18. The number of hydrogen-bond donors (Lipinski definition) is 1. The number of alkyl halides is 3. The maximum atomic E-state index is 13.3. The van der Waals surface area contributed by atoms with Crippen LogP contribution >= 0.6 is 0 Å². The number of hydrogen-bond acceptors (Lipinski definition) is 4. The van der Waals surface area contributed by atoms with E-state index in [2.05, 4.69) is 10.3 Å². The highest BCUT2D eigenvalue weighted by Crippen LogP contribution is 2.57. The second kappa shape index (κ2) is 7.31. The van der Waals surface area contributed by atoms with Gasteiger partial charge in [-0.2, -0.15) is 17.5 Å². The molecule has 0 bridgehead atoms. The molecular formula is C19H22F4N4O2S. The molecule has 30 heavy (non-hydrogen) atoms. The lowest BCUT2D eigenvalue weighted by molar-refractivity contribution is -0.185. The number of rotatable bonds is 6. The maximum Gasteiger partial charge on any atom is 0.395 e. The van der Waals surface area contributed by atoms with Crippen molar-refractivity contribution in [2.75, 3.05) is 19.6 Å². The third-order valence-corrected chi connectivity index (χ3v) is 7.74. The van der Waals surface area contributed by atoms with Crippen LogP contribution in [0.4, 0.5) is 17.6 Å². The van der Waals surface area contributed by atoms with Crippen LogP contribution in [0.25, 0.3) is 0 Å². The van der Waals surface area contributed by atoms with Crippen molar-refractivity contribution in [3.05, 3.63) is 48.2 Å². The lowest BCUT2D eigenvalue weighted by atomic mass is 9.93. The first-order valence-electron chi connectivity index (χ1n) is 9.56. The van der Waals surface area contributed by atoms with Crippen LogP contribution in [0.3, 0.4) is 0 Å². The van der Waals surface area contributed by atoms with Crippen LogP contribution < -0.4 is 5.32 Å². The molecule has 1 aliphatic heterocycles. The first-order valence-corrected chi connectivity index (χ1v) is 11.0. The molecule has 1 aliphatic carbocycles. The van der Waals surface area contributed by atoms with Crippen molar-refractivity contribution in [1.29, 1.82) is 0 Å². The predicted octanol–water partition coefficient (Wildman–Crippen LogP) is 2.65. The average molecular weight is 446 g/mol. The van der Waals surface area contributed by atoms with Gasteiger partial charge in [-0.05, 0) is 30.5 Å². The van der Waals surface area contributed by atoms with E-state index in [4.69, 9.17) is 0 Å². The summed E-state index contributed by atoms with van der Waals surface area (Å²) in [4.78, 5) is 3.91. The Morgan fingerprint density at radius 1 is 1.20 bits per heavy atom. The van der Waals surface area contributed by atoms with Crippen LogP contribution in [0.5, 0.6) is 0 Å². The molecule has 0 spiro atoms. The van der Waals surface area contributed by atoms with Gasteiger partial charge in [0.15, 0.2) is 5.03 Å². The summed E-state index contributed by atoms with van der Waals surface area (Å²) in [5.74, 6) is -0.846. The maximum absolute atomic E-state index is 13.3. The van der Waals surface area contributed by atoms with Crippen LogP contribution in [0.1, 0.15) is 24.3 Å². The van der Waals surface area contributed by atoms with E-state index in [1.54, 1.807) is 19.2 Å². The SMILES string of the molecule is Cn1cnc(S(=O)(=O)N2C[C@H](NCC3(C(F)(F)F)CC3)[C@@H](c3ccc(F)cc3)C2)c1. The standard InChI is InChI=1S/C19H22F4N4O2S/c1-26-10-17(25-12-26)30(28,29)27-8-15(13-2-4-14(20)5-3-13)16(9-27)24-11-18(6-7-18)19(21,22)23/h2-5,10,12,15-16,24H,6-9,11H2,1H3/t15-,16+/m1/s1. The molecule has 0 radical (unpaired) electrons. The minimum atomic E-state index is -4.30. The number of nitrogens with zero attached hydrogens (tertiary/aromatic N) is 3. The normalized spacial score (nSPS) is 24.3. The number of benzene rings is 1. The number of imidazole rings is 1. The second-order valence-corrected chi connectivity index (χ2v) is 10.0. The molecule has 1 aromatic heterocycles. The molecule has 1 N–H and O–H groups in total. The molecular weight excluding hydrogens is 424 g/mol. The Morgan fingerprint density at radius 3 is 2.40 bits per heavy atom. The van der Waals surface area contributed by atoms with Gasteiger partial charge in [0.05, 0.1) is 11.7 Å². The summed E-state index contributed by atoms with van der Waals surface area (Å²) in [6.07, 6.45) is -1.42. The molecule has 2 atom stereocenters. The van der Waals surface area contributed by atoms with Crippen molar-refractivity contribution in [3.8, 4) is 0 Å². The topological polar surface area (TPSA) is 67.2 Å². The number of nitrogens with one attached hydrogen (secondary N) is 1. The lowest BCUT2D eigenvalue weighted by Crippen LogP contribution is -2.43. The van der Waals surface area contributed by atoms with E-state index in [1.807, 2.05) is 0 Å². The van der Waals surface area contributed by atoms with Crippen molar-refractivity contribution < 1.29 is 26.0 Å². The number of aromatic nitrogens is 2. The zero-order valence-electron chi connectivity index (χ0n) is 16.2. The van der Waals surface area contributed by atoms with Crippen LogP contribution in [-0.4, -0.2) is 54.1 Å². The quantitative estimate of drug-likeness (QED) is 0.693. The Balaban J connectivity index is 1.58. The zero-order chi connectivity index (χ0) is 21.7. The minimum Gasteiger partial charge on any atom is -0.339 e. The smallest absolute Gasteiger partial charge is 0.339 e. The van der Waals surface area contributed by atoms with E-state index in [0.29, 0.717) is 5.56 Å². The molecule has 2 heterocycles. The first kappa shape index (κ1) is 21.3. The molecule has 2 aromatic rings. The highest BCUT2D eigenvalue weighted by molar-refractivity contribution is 7.89. The molecule has 164 valence electrons. The van der Waals surface area contributed by atoms with E-state index < -0.39 is 39.4 Å². The van der Waals surface area contributed by atoms with E-state index in [0.717, 1.165) is 0 Å². The summed E-state index contributed by atoms with van der Waals surface area (Å²) in [6, 6.07) is 5.08. The molecule has 2 aliphatic rings. The van der Waals surface area contributed by atoms with E-state index in [1.165, 1.54) is 33.5 Å². The third-order valence-electron chi connectivity index (χ3n) is 6.03. The van der Waals surface area contributed by atoms with Crippen molar-refractivity contribution in [2.45, 2.75) is 36.0 Å². The Morgan fingerprint density at radius 2 is 1.87 bits per heavy atom. The molecule has 0 unspecified atom stereocenters. The molecule has 0 amide bonds. The van der Waals surface area contributed by atoms with Gasteiger partial charge < -0.3 is 9.88 Å². The summed E-state index contributed by atoms with van der Waals surface area (Å²) in [5, 5.41) is 2.85. The summed E-state index contributed by atoms with van der Waals surface area (Å²) in [7, 11) is -2.25. The largest absolute Gasteiger partial charge is 0.395 e. The Hall–Kier alpha value is -1.98. The van der Waals surface area contributed by atoms with Gasteiger partial charge in [-0.15, -0.1) is 0 Å². The average Bonchev–Trinajstić information content (AvgIpc) is 3.15. The first-order chi connectivity index (χ1) is 14.0. The monoisotopic (exact) mass is 446 g/mol. The van der Waals surface area contributed by atoms with Gasteiger partial charge in [-0.3, -0.25) is 0 Å². The summed E-state index contributed by atoms with van der Waals surface area (Å²) in [5.41, 5.74) is -1.07. The Labute approximate surface area is 171 Å². The van der Waals surface area contributed by atoms with Gasteiger partial charge in [-0.25, -0.2) is 17.8 Å². The fraction of sp³-hybridized carbons (Fsp3) is 0.526. The fourth-order valence-corrected chi connectivity index (χ4v) is 5.37. The number of halogens is 4. The van der Waals surface area contributed by atoms with Crippen LogP contribution in [0.15, 0.2) is 41.8 Å². The summed E-state index contributed by atoms with van der Waals surface area (Å²) >= 11 is 0. The third kappa shape index (κ3) is 3.85. The van der Waals surface area contributed by atoms with Gasteiger partial charge in [-0.1, -0.05) is 12.1 Å².